The molecule has 0 saturated carbocycles. The minimum Gasteiger partial charge on any atom is -0.508 e. The summed E-state index contributed by atoms with van der Waals surface area (Å²) in [5.41, 5.74) is -0.312. The molecule has 1 aliphatic rings. The maximum Gasteiger partial charge on any atom is 0.340 e. The van der Waals surface area contributed by atoms with E-state index in [1.165, 1.54) is 23.1 Å². The van der Waals surface area contributed by atoms with Crippen LogP contribution in [0.4, 0.5) is 4.39 Å². The number of amides is 1. The maximum absolute atomic E-state index is 13.4. The third kappa shape index (κ3) is 3.09. The molecule has 1 aromatic carbocycles. The van der Waals surface area contributed by atoms with Crippen LogP contribution in [0.3, 0.4) is 0 Å². The smallest absolute Gasteiger partial charge is 0.340 e. The first kappa shape index (κ1) is 15.2. The van der Waals surface area contributed by atoms with Crippen molar-refractivity contribution in [2.75, 3.05) is 6.54 Å². The molecule has 6 nitrogen and oxygen atoms in total. The van der Waals surface area contributed by atoms with E-state index in [-0.39, 0.29) is 24.5 Å². The van der Waals surface area contributed by atoms with Gasteiger partial charge >= 0.3 is 5.63 Å². The molecule has 1 amide bonds. The minimum absolute atomic E-state index is 0.0272. The molecule has 120 valence electrons. The van der Waals surface area contributed by atoms with Gasteiger partial charge in [0.2, 0.25) is 0 Å². The molecule has 2 heterocycles. The zero-order valence-corrected chi connectivity index (χ0v) is 12.0. The van der Waals surface area contributed by atoms with Crippen molar-refractivity contribution in [3.05, 3.63) is 64.0 Å². The second kappa shape index (κ2) is 5.85. The van der Waals surface area contributed by atoms with Crippen molar-refractivity contribution in [1.29, 1.82) is 0 Å². The van der Waals surface area contributed by atoms with Crippen molar-refractivity contribution in [3.63, 3.8) is 0 Å². The number of halogens is 1. The highest BCUT2D eigenvalue weighted by molar-refractivity contribution is 5.92. The topological polar surface area (TPSA) is 91.0 Å². The van der Waals surface area contributed by atoms with Gasteiger partial charge in [0.15, 0.2) is 5.76 Å². The summed E-state index contributed by atoms with van der Waals surface area (Å²) in [6, 6.07) is 7.10. The molecule has 2 atom stereocenters. The number of hydrogen-bond acceptors (Lipinski definition) is 5. The Balaban J connectivity index is 1.96. The summed E-state index contributed by atoms with van der Waals surface area (Å²) in [4.78, 5) is 25.1. The van der Waals surface area contributed by atoms with E-state index in [9.17, 15) is 24.2 Å². The summed E-state index contributed by atoms with van der Waals surface area (Å²) in [5, 5.41) is 19.3. The van der Waals surface area contributed by atoms with Gasteiger partial charge in [-0.25, -0.2) is 9.18 Å². The van der Waals surface area contributed by atoms with Crippen LogP contribution >= 0.6 is 0 Å². The van der Waals surface area contributed by atoms with E-state index in [0.717, 1.165) is 12.1 Å². The molecule has 2 N–H and O–H groups in total. The summed E-state index contributed by atoms with van der Waals surface area (Å²) >= 11 is 0. The van der Waals surface area contributed by atoms with E-state index in [1.807, 2.05) is 0 Å². The van der Waals surface area contributed by atoms with E-state index < -0.39 is 29.5 Å². The van der Waals surface area contributed by atoms with Crippen LogP contribution in [-0.2, 0) is 0 Å². The van der Waals surface area contributed by atoms with Gasteiger partial charge in [-0.1, -0.05) is 12.1 Å². The van der Waals surface area contributed by atoms with Crippen LogP contribution in [-0.4, -0.2) is 33.7 Å². The van der Waals surface area contributed by atoms with Crippen molar-refractivity contribution in [2.45, 2.75) is 18.6 Å². The Kier molecular flexibility index (Phi) is 3.87. The number of nitrogens with zero attached hydrogens (tertiary/aromatic N) is 1. The molecule has 2 unspecified atom stereocenters. The molecule has 1 saturated heterocycles. The Bertz CT molecular complexity index is 803. The monoisotopic (exact) mass is 319 g/mol. The molecule has 23 heavy (non-hydrogen) atoms. The summed E-state index contributed by atoms with van der Waals surface area (Å²) in [7, 11) is 0. The van der Waals surface area contributed by atoms with Gasteiger partial charge in [-0.2, -0.15) is 0 Å². The molecule has 7 heteroatoms. The molecule has 1 fully saturated rings. The Morgan fingerprint density at radius 3 is 2.78 bits per heavy atom. The normalized spacial score (nSPS) is 20.7. The van der Waals surface area contributed by atoms with Crippen molar-refractivity contribution < 1.29 is 23.8 Å². The average Bonchev–Trinajstić information content (AvgIpc) is 2.87. The zero-order chi connectivity index (χ0) is 16.6. The summed E-state index contributed by atoms with van der Waals surface area (Å²) in [5.74, 6) is -1.80. The highest BCUT2D eigenvalue weighted by Gasteiger charge is 2.37. The van der Waals surface area contributed by atoms with E-state index in [4.69, 9.17) is 4.42 Å². The largest absolute Gasteiger partial charge is 0.508 e. The lowest BCUT2D eigenvalue weighted by molar-refractivity contribution is 0.0677. The van der Waals surface area contributed by atoms with Crippen LogP contribution in [0, 0.1) is 5.82 Å². The molecule has 0 aliphatic carbocycles. The third-order valence-electron chi connectivity index (χ3n) is 3.74. The quantitative estimate of drug-likeness (QED) is 0.874. The number of benzene rings is 1. The van der Waals surface area contributed by atoms with Gasteiger partial charge in [0, 0.05) is 12.6 Å². The molecule has 1 aromatic heterocycles. The number of hydrogen-bond donors (Lipinski definition) is 2. The standard InChI is InChI=1S/C16H14FNO5/c17-10-3-1-2-9(4-10)13-5-12(20)8-18(13)16(22)14-6-11(19)7-15(21)23-14/h1-4,6-7,12-13,19-20H,5,8H2. The second-order valence-corrected chi connectivity index (χ2v) is 5.42. The van der Waals surface area contributed by atoms with Crippen LogP contribution < -0.4 is 5.63 Å². The first-order valence-electron chi connectivity index (χ1n) is 7.02. The minimum atomic E-state index is -0.851. The molecular formula is C16H14FNO5. The van der Waals surface area contributed by atoms with Crippen LogP contribution in [0.25, 0.3) is 0 Å². The van der Waals surface area contributed by atoms with Gasteiger partial charge in [-0.3, -0.25) is 4.79 Å². The molecular weight excluding hydrogens is 305 g/mol. The predicted octanol–water partition coefficient (Wildman–Crippen LogP) is 1.43. The van der Waals surface area contributed by atoms with Crippen molar-refractivity contribution in [3.8, 4) is 5.75 Å². The summed E-state index contributed by atoms with van der Waals surface area (Å²) in [6.45, 7) is 0.0272. The molecule has 0 bridgehead atoms. The Morgan fingerprint density at radius 1 is 1.30 bits per heavy atom. The maximum atomic E-state index is 13.4. The number of aromatic hydroxyl groups is 1. The lowest BCUT2D eigenvalue weighted by atomic mass is 10.0. The number of rotatable bonds is 2. The number of carbonyl (C=O) groups is 1. The number of β-amino-alcohol motifs (C(OH)–C–C–N with tert-alkyl or cyclic N) is 1. The first-order chi connectivity index (χ1) is 10.9. The van der Waals surface area contributed by atoms with Gasteiger partial charge in [0.1, 0.15) is 11.6 Å². The van der Waals surface area contributed by atoms with Crippen molar-refractivity contribution in [1.82, 2.24) is 4.90 Å². The highest BCUT2D eigenvalue weighted by atomic mass is 19.1. The van der Waals surface area contributed by atoms with Gasteiger partial charge in [0.25, 0.3) is 5.91 Å². The molecule has 0 radical (unpaired) electrons. The molecule has 2 aromatic rings. The zero-order valence-electron chi connectivity index (χ0n) is 12.0. The van der Waals surface area contributed by atoms with Crippen LogP contribution in [0.1, 0.15) is 28.6 Å². The number of likely N-dealkylation sites (tertiary alicyclic amines) is 1. The van der Waals surface area contributed by atoms with E-state index in [2.05, 4.69) is 0 Å². The van der Waals surface area contributed by atoms with E-state index in [0.29, 0.717) is 5.56 Å². The van der Waals surface area contributed by atoms with E-state index in [1.54, 1.807) is 6.07 Å². The summed E-state index contributed by atoms with van der Waals surface area (Å²) in [6.07, 6.45) is -0.519. The van der Waals surface area contributed by atoms with Crippen molar-refractivity contribution in [2.24, 2.45) is 0 Å². The third-order valence-corrected chi connectivity index (χ3v) is 3.74. The van der Waals surface area contributed by atoms with Crippen LogP contribution in [0.2, 0.25) is 0 Å². The lowest BCUT2D eigenvalue weighted by Crippen LogP contribution is -2.32. The van der Waals surface area contributed by atoms with Gasteiger partial charge in [0.05, 0.1) is 18.2 Å². The number of carbonyl (C=O) groups excluding carboxylic acids is 1. The number of aliphatic hydroxyl groups is 1. The second-order valence-electron chi connectivity index (χ2n) is 5.42. The fourth-order valence-electron chi connectivity index (χ4n) is 2.78. The average molecular weight is 319 g/mol. The van der Waals surface area contributed by atoms with Crippen LogP contribution in [0.5, 0.6) is 5.75 Å². The SMILES string of the molecule is O=C(c1cc(O)cc(=O)o1)N1CC(O)CC1c1cccc(F)c1. The van der Waals surface area contributed by atoms with Gasteiger partial charge in [-0.15, -0.1) is 0 Å². The molecule has 1 aliphatic heterocycles. The lowest BCUT2D eigenvalue weighted by Gasteiger charge is -2.24. The van der Waals surface area contributed by atoms with Crippen molar-refractivity contribution >= 4 is 5.91 Å². The molecule has 3 rings (SSSR count). The molecule has 0 spiro atoms. The Hall–Kier alpha value is -2.67. The fraction of sp³-hybridized carbons (Fsp3) is 0.250. The summed E-state index contributed by atoms with van der Waals surface area (Å²) < 4.78 is 18.2. The van der Waals surface area contributed by atoms with Gasteiger partial charge in [-0.05, 0) is 24.1 Å². The first-order valence-corrected chi connectivity index (χ1v) is 7.02. The Morgan fingerprint density at radius 2 is 2.09 bits per heavy atom. The van der Waals surface area contributed by atoms with Gasteiger partial charge < -0.3 is 19.5 Å². The number of aliphatic hydroxyl groups excluding tert-OH is 1. The van der Waals surface area contributed by atoms with E-state index >= 15 is 0 Å². The fourth-order valence-corrected chi connectivity index (χ4v) is 2.78. The Labute approximate surface area is 130 Å². The van der Waals surface area contributed by atoms with Crippen LogP contribution in [0.15, 0.2) is 45.6 Å². The highest BCUT2D eigenvalue weighted by Crippen LogP contribution is 2.33. The predicted molar refractivity (Wildman–Crippen MR) is 77.4 cm³/mol.